The highest BCUT2D eigenvalue weighted by atomic mass is 16.6. The molecule has 0 aliphatic carbocycles. The first-order valence-electron chi connectivity index (χ1n) is 20.2. The van der Waals surface area contributed by atoms with Crippen LogP contribution < -0.4 is 5.32 Å². The van der Waals surface area contributed by atoms with Crippen molar-refractivity contribution in [3.63, 3.8) is 0 Å². The monoisotopic (exact) mass is 699 g/mol. The van der Waals surface area contributed by atoms with Crippen LogP contribution in [-0.2, 0) is 14.2 Å². The normalized spacial score (nSPS) is 13.1. The highest BCUT2D eigenvalue weighted by Crippen LogP contribution is 2.10. The number of carbonyl (C=O) groups excluding carboxylic acids is 1. The van der Waals surface area contributed by atoms with Gasteiger partial charge in [-0.25, -0.2) is 4.79 Å². The summed E-state index contributed by atoms with van der Waals surface area (Å²) in [5.41, 5.74) is 0. The lowest BCUT2D eigenvalue weighted by Crippen LogP contribution is -2.37. The van der Waals surface area contributed by atoms with Crippen molar-refractivity contribution in [2.75, 3.05) is 53.6 Å². The molecule has 0 rings (SSSR count). The van der Waals surface area contributed by atoms with E-state index in [9.17, 15) is 4.79 Å². The maximum absolute atomic E-state index is 12.1. The third kappa shape index (κ3) is 40.0. The van der Waals surface area contributed by atoms with Gasteiger partial charge in [0.1, 0.15) is 6.61 Å². The van der Waals surface area contributed by atoms with E-state index in [0.29, 0.717) is 32.9 Å². The predicted octanol–water partition coefficient (Wildman–Crippen LogP) is 11.9. The lowest BCUT2D eigenvalue weighted by molar-refractivity contribution is -0.0175. The van der Waals surface area contributed by atoms with Gasteiger partial charge in [-0.1, -0.05) is 138 Å². The van der Waals surface area contributed by atoms with Crippen LogP contribution in [0.1, 0.15) is 142 Å². The Kier molecular flexibility index (Phi) is 39.0. The van der Waals surface area contributed by atoms with Crippen molar-refractivity contribution in [3.8, 4) is 0 Å². The maximum atomic E-state index is 12.1. The van der Waals surface area contributed by atoms with E-state index in [0.717, 1.165) is 58.0 Å². The van der Waals surface area contributed by atoms with Gasteiger partial charge in [-0.3, -0.25) is 0 Å². The second-order valence-corrected chi connectivity index (χ2v) is 13.3. The number of rotatable bonds is 36. The minimum atomic E-state index is -0.394. The zero-order valence-electron chi connectivity index (χ0n) is 33.0. The van der Waals surface area contributed by atoms with E-state index >= 15 is 0 Å². The van der Waals surface area contributed by atoms with Gasteiger partial charge >= 0.3 is 6.09 Å². The Morgan fingerprint density at radius 3 is 1.50 bits per heavy atom. The second-order valence-electron chi connectivity index (χ2n) is 13.3. The summed E-state index contributed by atoms with van der Waals surface area (Å²) in [6.07, 6.45) is 49.9. The van der Waals surface area contributed by atoms with Crippen LogP contribution in [-0.4, -0.2) is 70.7 Å². The SMILES string of the molecule is CC/C=C\C/C=C\C/C=C\CCCCCCCCOCC(CNC(=O)OCCN(C)C)OCCCCCCCC/C=C\C/C=C\C/C=C\CC. The third-order valence-electron chi connectivity index (χ3n) is 8.14. The Morgan fingerprint density at radius 2 is 1.00 bits per heavy atom. The molecule has 6 nitrogen and oxygen atoms in total. The average Bonchev–Trinajstić information content (AvgIpc) is 3.10. The molecule has 0 saturated heterocycles. The van der Waals surface area contributed by atoms with Gasteiger partial charge in [-0.05, 0) is 91.1 Å². The van der Waals surface area contributed by atoms with Crippen LogP contribution in [0.5, 0.6) is 0 Å². The number of carbonyl (C=O) groups is 1. The molecule has 1 amide bonds. The molecule has 1 N–H and O–H groups in total. The number of alkyl carbamates (subject to hydrolysis) is 1. The molecular formula is C44H78N2O4. The molecule has 1 atom stereocenters. The Hall–Kier alpha value is -2.41. The van der Waals surface area contributed by atoms with Gasteiger partial charge in [-0.15, -0.1) is 0 Å². The van der Waals surface area contributed by atoms with Gasteiger partial charge < -0.3 is 24.4 Å². The lowest BCUT2D eigenvalue weighted by Gasteiger charge is -2.19. The zero-order valence-corrected chi connectivity index (χ0v) is 33.0. The molecule has 0 saturated carbocycles. The number of allylic oxidation sites excluding steroid dienone is 12. The molecular weight excluding hydrogens is 620 g/mol. The molecule has 6 heteroatoms. The summed E-state index contributed by atoms with van der Waals surface area (Å²) in [6.45, 7) is 7.74. The van der Waals surface area contributed by atoms with Crippen molar-refractivity contribution in [2.45, 2.75) is 148 Å². The molecule has 1 unspecified atom stereocenters. The first kappa shape index (κ1) is 47.6. The molecule has 0 aromatic heterocycles. The summed E-state index contributed by atoms with van der Waals surface area (Å²) in [4.78, 5) is 14.1. The molecule has 288 valence electrons. The highest BCUT2D eigenvalue weighted by molar-refractivity contribution is 5.67. The van der Waals surface area contributed by atoms with E-state index in [4.69, 9.17) is 14.2 Å². The van der Waals surface area contributed by atoms with Crippen molar-refractivity contribution in [2.24, 2.45) is 0 Å². The largest absolute Gasteiger partial charge is 0.448 e. The van der Waals surface area contributed by atoms with E-state index in [2.05, 4.69) is 92.1 Å². The maximum Gasteiger partial charge on any atom is 0.407 e. The molecule has 0 spiro atoms. The molecule has 0 heterocycles. The number of likely N-dealkylation sites (N-methyl/N-ethyl adjacent to an activating group) is 1. The summed E-state index contributed by atoms with van der Waals surface area (Å²) in [6, 6.07) is 0. The standard InChI is InChI=1S/C44H78N2O4/c1-5-7-9-11-13-15-17-19-21-23-25-27-29-31-33-35-38-48-42-43(41-45-44(47)50-40-37-46(3)4)49-39-36-34-32-30-28-26-24-22-20-18-16-14-12-10-8-6-2/h7-10,13-16,19-22,43H,5-6,11-12,17-18,23-42H2,1-4H3,(H,45,47)/b9-7-,10-8-,15-13-,16-14-,21-19-,22-20-. The number of ether oxygens (including phenoxy) is 3. The fourth-order valence-electron chi connectivity index (χ4n) is 5.10. The van der Waals surface area contributed by atoms with Crippen LogP contribution in [0, 0.1) is 0 Å². The highest BCUT2D eigenvalue weighted by Gasteiger charge is 2.12. The zero-order chi connectivity index (χ0) is 36.4. The topological polar surface area (TPSA) is 60.0 Å². The number of nitrogens with one attached hydrogen (secondary N) is 1. The smallest absolute Gasteiger partial charge is 0.407 e. The lowest BCUT2D eigenvalue weighted by atomic mass is 10.1. The van der Waals surface area contributed by atoms with Crippen LogP contribution >= 0.6 is 0 Å². The van der Waals surface area contributed by atoms with Crippen LogP contribution in [0.15, 0.2) is 72.9 Å². The number of amides is 1. The molecule has 0 aromatic rings. The Morgan fingerprint density at radius 1 is 0.560 bits per heavy atom. The number of unbranched alkanes of at least 4 members (excludes halogenated alkanes) is 12. The summed E-state index contributed by atoms with van der Waals surface area (Å²) in [7, 11) is 3.92. The van der Waals surface area contributed by atoms with E-state index in [-0.39, 0.29) is 6.10 Å². The van der Waals surface area contributed by atoms with Gasteiger partial charge in [0, 0.05) is 26.3 Å². The Balaban J connectivity index is 4.02. The predicted molar refractivity (Wildman–Crippen MR) is 217 cm³/mol. The van der Waals surface area contributed by atoms with Crippen molar-refractivity contribution < 1.29 is 19.0 Å². The Labute approximate surface area is 309 Å². The van der Waals surface area contributed by atoms with E-state index in [1.165, 1.54) is 77.0 Å². The quantitative estimate of drug-likeness (QED) is 0.0521. The second kappa shape index (κ2) is 41.0. The fraction of sp³-hybridized carbons (Fsp3) is 0.705. The van der Waals surface area contributed by atoms with Crippen molar-refractivity contribution in [3.05, 3.63) is 72.9 Å². The van der Waals surface area contributed by atoms with Gasteiger partial charge in [0.25, 0.3) is 0 Å². The van der Waals surface area contributed by atoms with Gasteiger partial charge in [0.05, 0.1) is 12.7 Å². The van der Waals surface area contributed by atoms with Crippen LogP contribution in [0.2, 0.25) is 0 Å². The van der Waals surface area contributed by atoms with Crippen LogP contribution in [0.25, 0.3) is 0 Å². The first-order valence-corrected chi connectivity index (χ1v) is 20.2. The number of nitrogens with zero attached hydrogens (tertiary/aromatic N) is 1. The van der Waals surface area contributed by atoms with E-state index in [1.807, 2.05) is 19.0 Å². The summed E-state index contributed by atoms with van der Waals surface area (Å²) in [5.74, 6) is 0. The molecule has 0 bridgehead atoms. The van der Waals surface area contributed by atoms with Crippen LogP contribution in [0.3, 0.4) is 0 Å². The molecule has 0 aliphatic heterocycles. The molecule has 0 aromatic carbocycles. The van der Waals surface area contributed by atoms with Gasteiger partial charge in [-0.2, -0.15) is 0 Å². The van der Waals surface area contributed by atoms with Crippen molar-refractivity contribution in [1.29, 1.82) is 0 Å². The van der Waals surface area contributed by atoms with Crippen molar-refractivity contribution >= 4 is 6.09 Å². The molecule has 0 fully saturated rings. The summed E-state index contributed by atoms with van der Waals surface area (Å²) in [5, 5.41) is 2.87. The minimum absolute atomic E-state index is 0.160. The Bertz CT molecular complexity index is 890. The fourth-order valence-corrected chi connectivity index (χ4v) is 5.10. The molecule has 50 heavy (non-hydrogen) atoms. The molecule has 0 aliphatic rings. The summed E-state index contributed by atoms with van der Waals surface area (Å²) < 4.78 is 17.4. The number of hydrogen-bond acceptors (Lipinski definition) is 5. The van der Waals surface area contributed by atoms with E-state index in [1.54, 1.807) is 0 Å². The molecule has 0 radical (unpaired) electrons. The third-order valence-corrected chi connectivity index (χ3v) is 8.14. The van der Waals surface area contributed by atoms with E-state index < -0.39 is 6.09 Å². The minimum Gasteiger partial charge on any atom is -0.448 e. The average molecular weight is 699 g/mol. The van der Waals surface area contributed by atoms with Crippen molar-refractivity contribution in [1.82, 2.24) is 10.2 Å². The summed E-state index contributed by atoms with van der Waals surface area (Å²) >= 11 is 0. The first-order chi connectivity index (χ1) is 24.6. The van der Waals surface area contributed by atoms with Gasteiger partial charge in [0.2, 0.25) is 0 Å². The van der Waals surface area contributed by atoms with Gasteiger partial charge in [0.15, 0.2) is 0 Å². The number of hydrogen-bond donors (Lipinski definition) is 1. The van der Waals surface area contributed by atoms with Crippen LogP contribution in [0.4, 0.5) is 4.79 Å².